The van der Waals surface area contributed by atoms with E-state index in [1.54, 1.807) is 4.57 Å². The number of hydrogen-bond donors (Lipinski definition) is 1. The van der Waals surface area contributed by atoms with E-state index in [0.29, 0.717) is 0 Å². The molecule has 0 aliphatic carbocycles. The molecule has 0 spiro atoms. The summed E-state index contributed by atoms with van der Waals surface area (Å²) in [5.74, 6) is 0.0432. The van der Waals surface area contributed by atoms with E-state index in [9.17, 15) is 9.59 Å². The molecule has 1 aliphatic heterocycles. The first kappa shape index (κ1) is 16.2. The molecular formula is C12H20ClN3O2S. The van der Waals surface area contributed by atoms with E-state index < -0.39 is 0 Å². The topological polar surface area (TPSA) is 54.3 Å². The zero-order valence-electron chi connectivity index (χ0n) is 11.3. The molecule has 0 atom stereocenters. The van der Waals surface area contributed by atoms with Crippen molar-refractivity contribution < 1.29 is 4.79 Å². The second-order valence-electron chi connectivity index (χ2n) is 4.58. The highest BCUT2D eigenvalue weighted by atomic mass is 35.5. The van der Waals surface area contributed by atoms with Gasteiger partial charge in [0.15, 0.2) is 0 Å². The molecule has 1 N–H and O–H groups in total. The fourth-order valence-corrected chi connectivity index (χ4v) is 2.93. The van der Waals surface area contributed by atoms with Gasteiger partial charge in [-0.15, -0.1) is 12.4 Å². The zero-order valence-corrected chi connectivity index (χ0v) is 12.9. The molecule has 108 valence electrons. The van der Waals surface area contributed by atoms with Crippen LogP contribution in [0.1, 0.15) is 17.0 Å². The number of carbonyl (C=O) groups excluding carboxylic acids is 1. The predicted octanol–water partition coefficient (Wildman–Crippen LogP) is 0.770. The van der Waals surface area contributed by atoms with Crippen LogP contribution in [0, 0.1) is 13.8 Å². The summed E-state index contributed by atoms with van der Waals surface area (Å²) in [6, 6.07) is 0. The third kappa shape index (κ3) is 3.81. The average molecular weight is 306 g/mol. The maximum Gasteiger partial charge on any atom is 0.308 e. The average Bonchev–Trinajstić information content (AvgIpc) is 2.58. The number of thiazole rings is 1. The molecule has 1 aromatic heterocycles. The largest absolute Gasteiger partial charge is 0.340 e. The van der Waals surface area contributed by atoms with Crippen LogP contribution in [0.3, 0.4) is 0 Å². The molecule has 7 heteroatoms. The summed E-state index contributed by atoms with van der Waals surface area (Å²) in [5, 5.41) is 3.26. The van der Waals surface area contributed by atoms with Gasteiger partial charge in [0.1, 0.15) is 6.54 Å². The van der Waals surface area contributed by atoms with E-state index in [1.807, 2.05) is 18.7 Å². The van der Waals surface area contributed by atoms with Gasteiger partial charge in [0.25, 0.3) is 0 Å². The summed E-state index contributed by atoms with van der Waals surface area (Å²) in [6.07, 6.45) is 0.974. The molecule has 2 heterocycles. The second kappa shape index (κ2) is 7.07. The fourth-order valence-electron chi connectivity index (χ4n) is 2.10. The Kier molecular flexibility index (Phi) is 6.03. The Bertz CT molecular complexity index is 490. The van der Waals surface area contributed by atoms with Crippen LogP contribution in [0.2, 0.25) is 0 Å². The Labute approximate surface area is 123 Å². The molecule has 1 fully saturated rings. The standard InChI is InChI=1S/C12H19N3O2S.ClH/c1-9-10(2)18-12(17)15(9)8-11(16)14-6-3-4-13-5-7-14;/h13H,3-8H2,1-2H3;1H. The summed E-state index contributed by atoms with van der Waals surface area (Å²) in [7, 11) is 0. The first-order valence-corrected chi connectivity index (χ1v) is 7.06. The molecule has 1 saturated heterocycles. The number of aryl methyl sites for hydroxylation is 1. The van der Waals surface area contributed by atoms with Crippen LogP contribution >= 0.6 is 23.7 Å². The highest BCUT2D eigenvalue weighted by Crippen LogP contribution is 2.10. The number of carbonyl (C=O) groups is 1. The van der Waals surface area contributed by atoms with E-state index in [1.165, 1.54) is 11.3 Å². The highest BCUT2D eigenvalue weighted by molar-refractivity contribution is 7.09. The second-order valence-corrected chi connectivity index (χ2v) is 5.75. The monoisotopic (exact) mass is 305 g/mol. The number of aromatic nitrogens is 1. The molecular weight excluding hydrogens is 286 g/mol. The Balaban J connectivity index is 0.00000180. The Morgan fingerprint density at radius 2 is 2.05 bits per heavy atom. The Morgan fingerprint density at radius 1 is 1.32 bits per heavy atom. The molecule has 0 bridgehead atoms. The quantitative estimate of drug-likeness (QED) is 0.878. The van der Waals surface area contributed by atoms with Gasteiger partial charge in [0.2, 0.25) is 5.91 Å². The zero-order chi connectivity index (χ0) is 13.1. The van der Waals surface area contributed by atoms with Crippen LogP contribution in [0.15, 0.2) is 4.79 Å². The Morgan fingerprint density at radius 3 is 2.68 bits per heavy atom. The smallest absolute Gasteiger partial charge is 0.308 e. The van der Waals surface area contributed by atoms with E-state index in [0.717, 1.165) is 43.2 Å². The summed E-state index contributed by atoms with van der Waals surface area (Å²) in [6.45, 7) is 7.29. The summed E-state index contributed by atoms with van der Waals surface area (Å²) < 4.78 is 1.58. The number of nitrogens with one attached hydrogen (secondary N) is 1. The third-order valence-corrected chi connectivity index (χ3v) is 4.36. The van der Waals surface area contributed by atoms with Crippen molar-refractivity contribution >= 4 is 29.7 Å². The van der Waals surface area contributed by atoms with Crippen molar-refractivity contribution in [3.8, 4) is 0 Å². The number of rotatable bonds is 2. The minimum Gasteiger partial charge on any atom is -0.340 e. The van der Waals surface area contributed by atoms with Gasteiger partial charge in [0.05, 0.1) is 0 Å². The number of amides is 1. The van der Waals surface area contributed by atoms with Crippen LogP contribution in [-0.2, 0) is 11.3 Å². The first-order valence-electron chi connectivity index (χ1n) is 6.25. The summed E-state index contributed by atoms with van der Waals surface area (Å²) in [5.41, 5.74) is 0.909. The normalized spacial score (nSPS) is 15.8. The summed E-state index contributed by atoms with van der Waals surface area (Å²) in [4.78, 5) is 26.7. The van der Waals surface area contributed by atoms with Gasteiger partial charge in [-0.3, -0.25) is 14.2 Å². The lowest BCUT2D eigenvalue weighted by molar-refractivity contribution is -0.131. The lowest BCUT2D eigenvalue weighted by Gasteiger charge is -2.20. The first-order chi connectivity index (χ1) is 8.59. The van der Waals surface area contributed by atoms with Crippen molar-refractivity contribution in [2.24, 2.45) is 0 Å². The van der Waals surface area contributed by atoms with Crippen molar-refractivity contribution in [1.82, 2.24) is 14.8 Å². The van der Waals surface area contributed by atoms with Crippen LogP contribution in [0.5, 0.6) is 0 Å². The molecule has 1 aliphatic rings. The lowest BCUT2D eigenvalue weighted by Crippen LogP contribution is -2.38. The fraction of sp³-hybridized carbons (Fsp3) is 0.667. The van der Waals surface area contributed by atoms with Crippen LogP contribution < -0.4 is 10.2 Å². The van der Waals surface area contributed by atoms with Gasteiger partial charge >= 0.3 is 4.87 Å². The number of halogens is 1. The maximum atomic E-state index is 12.2. The van der Waals surface area contributed by atoms with Crippen molar-refractivity contribution in [3.05, 3.63) is 20.2 Å². The van der Waals surface area contributed by atoms with Crippen molar-refractivity contribution in [3.63, 3.8) is 0 Å². The van der Waals surface area contributed by atoms with Crippen LogP contribution in [-0.4, -0.2) is 41.6 Å². The van der Waals surface area contributed by atoms with Crippen LogP contribution in [0.4, 0.5) is 0 Å². The van der Waals surface area contributed by atoms with Gasteiger partial charge < -0.3 is 10.2 Å². The van der Waals surface area contributed by atoms with E-state index >= 15 is 0 Å². The minimum atomic E-state index is -0.0358. The number of nitrogens with zero attached hydrogens (tertiary/aromatic N) is 2. The number of hydrogen-bond acceptors (Lipinski definition) is 4. The molecule has 5 nitrogen and oxygen atoms in total. The minimum absolute atomic E-state index is 0. The Hall–Kier alpha value is -0.850. The molecule has 0 unspecified atom stereocenters. The SMILES string of the molecule is Cc1sc(=O)n(CC(=O)N2CCCNCC2)c1C.Cl. The van der Waals surface area contributed by atoms with E-state index in [-0.39, 0.29) is 29.7 Å². The molecule has 0 saturated carbocycles. The predicted molar refractivity (Wildman–Crippen MR) is 79.4 cm³/mol. The van der Waals surface area contributed by atoms with Gasteiger partial charge in [-0.1, -0.05) is 11.3 Å². The molecule has 1 amide bonds. The van der Waals surface area contributed by atoms with E-state index in [4.69, 9.17) is 0 Å². The van der Waals surface area contributed by atoms with Crippen molar-refractivity contribution in [2.45, 2.75) is 26.8 Å². The lowest BCUT2D eigenvalue weighted by atomic mass is 10.3. The van der Waals surface area contributed by atoms with E-state index in [2.05, 4.69) is 5.32 Å². The van der Waals surface area contributed by atoms with Gasteiger partial charge in [-0.2, -0.15) is 0 Å². The third-order valence-electron chi connectivity index (χ3n) is 3.36. The molecule has 0 radical (unpaired) electrons. The molecule has 0 aromatic carbocycles. The van der Waals surface area contributed by atoms with Gasteiger partial charge in [-0.25, -0.2) is 0 Å². The molecule has 19 heavy (non-hydrogen) atoms. The van der Waals surface area contributed by atoms with Gasteiger partial charge in [-0.05, 0) is 26.8 Å². The highest BCUT2D eigenvalue weighted by Gasteiger charge is 2.18. The molecule has 1 aromatic rings. The van der Waals surface area contributed by atoms with Crippen molar-refractivity contribution in [1.29, 1.82) is 0 Å². The maximum absolute atomic E-state index is 12.2. The molecule has 2 rings (SSSR count). The summed E-state index contributed by atoms with van der Waals surface area (Å²) >= 11 is 1.21. The van der Waals surface area contributed by atoms with Crippen LogP contribution in [0.25, 0.3) is 0 Å². The van der Waals surface area contributed by atoms with Crippen molar-refractivity contribution in [2.75, 3.05) is 26.2 Å². The van der Waals surface area contributed by atoms with Gasteiger partial charge in [0, 0.05) is 30.2 Å².